The Bertz CT molecular complexity index is 813. The molecule has 4 rings (SSSR count). The van der Waals surface area contributed by atoms with Gasteiger partial charge in [-0.15, -0.1) is 0 Å². The number of nitrogens with zero attached hydrogens (tertiary/aromatic N) is 1. The van der Waals surface area contributed by atoms with E-state index in [4.69, 9.17) is 0 Å². The fourth-order valence-electron chi connectivity index (χ4n) is 4.67. The number of benzene rings is 1. The first-order chi connectivity index (χ1) is 15.0. The Hall–Kier alpha value is -2.57. The molecule has 2 saturated carbocycles. The normalized spacial score (nSPS) is 24.4. The van der Waals surface area contributed by atoms with Crippen molar-refractivity contribution in [3.05, 3.63) is 29.8 Å². The molecule has 1 saturated heterocycles. The fourth-order valence-corrected chi connectivity index (χ4v) is 4.67. The number of hydrogen-bond acceptors (Lipinski definition) is 3. The Morgan fingerprint density at radius 2 is 1.61 bits per heavy atom. The molecule has 0 aromatic heterocycles. The molecule has 0 radical (unpaired) electrons. The molecule has 3 aliphatic rings. The average Bonchev–Trinajstić information content (AvgIpc) is 3.52. The minimum atomic E-state index is -0.138. The maximum atomic E-state index is 12.7. The Morgan fingerprint density at radius 1 is 0.935 bits per heavy atom. The standard InChI is InChI=1S/C24H34N4O3/c1-16-14-21(16)23(30)26-20-9-5-6-17(15-20)22(29)25-19-10-12-28(13-11-19)24(31)27-18-7-3-2-4-8-18/h5-6,9,15-16,18-19,21H,2-4,7-8,10-14H2,1H3,(H,25,29)(H,26,30)(H,27,31). The van der Waals surface area contributed by atoms with Gasteiger partial charge in [-0.3, -0.25) is 9.59 Å². The van der Waals surface area contributed by atoms with Crippen molar-refractivity contribution in [3.8, 4) is 0 Å². The summed E-state index contributed by atoms with van der Waals surface area (Å²) in [5.74, 6) is 0.435. The molecule has 0 bridgehead atoms. The number of likely N-dealkylation sites (tertiary alicyclic amines) is 1. The molecule has 168 valence electrons. The molecule has 3 fully saturated rings. The molecule has 3 N–H and O–H groups in total. The van der Waals surface area contributed by atoms with Gasteiger partial charge >= 0.3 is 6.03 Å². The number of urea groups is 1. The first-order valence-corrected chi connectivity index (χ1v) is 11.8. The Morgan fingerprint density at radius 3 is 2.29 bits per heavy atom. The highest BCUT2D eigenvalue weighted by Gasteiger charge is 2.39. The average molecular weight is 427 g/mol. The molecule has 4 amide bonds. The maximum Gasteiger partial charge on any atom is 0.317 e. The van der Waals surface area contributed by atoms with Crippen LogP contribution in [0.4, 0.5) is 10.5 Å². The van der Waals surface area contributed by atoms with Crippen LogP contribution in [-0.4, -0.2) is 47.9 Å². The molecule has 2 atom stereocenters. The van der Waals surface area contributed by atoms with E-state index >= 15 is 0 Å². The van der Waals surface area contributed by atoms with Crippen LogP contribution in [0.15, 0.2) is 24.3 Å². The highest BCUT2D eigenvalue weighted by molar-refractivity contribution is 5.98. The molecule has 7 nitrogen and oxygen atoms in total. The van der Waals surface area contributed by atoms with E-state index in [1.807, 2.05) is 11.0 Å². The largest absolute Gasteiger partial charge is 0.349 e. The molecule has 1 heterocycles. The van der Waals surface area contributed by atoms with Crippen molar-refractivity contribution in [2.45, 2.75) is 70.4 Å². The summed E-state index contributed by atoms with van der Waals surface area (Å²) in [4.78, 5) is 39.2. The van der Waals surface area contributed by atoms with Gasteiger partial charge in [-0.05, 0) is 56.2 Å². The molecule has 2 unspecified atom stereocenters. The number of piperidine rings is 1. The van der Waals surface area contributed by atoms with Crippen molar-refractivity contribution in [1.29, 1.82) is 0 Å². The quantitative estimate of drug-likeness (QED) is 0.673. The van der Waals surface area contributed by atoms with E-state index in [1.165, 1.54) is 19.3 Å². The molecule has 1 aliphatic heterocycles. The third-order valence-electron chi connectivity index (χ3n) is 6.89. The first-order valence-electron chi connectivity index (χ1n) is 11.8. The van der Waals surface area contributed by atoms with E-state index in [0.29, 0.717) is 36.3 Å². The number of anilines is 1. The lowest BCUT2D eigenvalue weighted by atomic mass is 9.95. The summed E-state index contributed by atoms with van der Waals surface area (Å²) in [6, 6.07) is 7.49. The van der Waals surface area contributed by atoms with E-state index in [2.05, 4.69) is 22.9 Å². The van der Waals surface area contributed by atoms with Crippen LogP contribution in [0.1, 0.15) is 68.6 Å². The summed E-state index contributed by atoms with van der Waals surface area (Å²) >= 11 is 0. The van der Waals surface area contributed by atoms with Gasteiger partial charge in [0.05, 0.1) is 0 Å². The van der Waals surface area contributed by atoms with E-state index in [-0.39, 0.29) is 29.8 Å². The van der Waals surface area contributed by atoms with Gasteiger partial charge in [0.1, 0.15) is 0 Å². The first kappa shape index (κ1) is 21.7. The minimum absolute atomic E-state index is 0.0314. The molecule has 31 heavy (non-hydrogen) atoms. The van der Waals surface area contributed by atoms with Gasteiger partial charge < -0.3 is 20.9 Å². The van der Waals surface area contributed by atoms with Gasteiger partial charge in [-0.2, -0.15) is 0 Å². The number of carbonyl (C=O) groups is 3. The zero-order valence-electron chi connectivity index (χ0n) is 18.4. The van der Waals surface area contributed by atoms with Crippen molar-refractivity contribution < 1.29 is 14.4 Å². The van der Waals surface area contributed by atoms with E-state index < -0.39 is 0 Å². The van der Waals surface area contributed by atoms with Crippen molar-refractivity contribution >= 4 is 23.5 Å². The monoisotopic (exact) mass is 426 g/mol. The van der Waals surface area contributed by atoms with Crippen LogP contribution in [0.5, 0.6) is 0 Å². The second-order valence-electron chi connectivity index (χ2n) is 9.41. The van der Waals surface area contributed by atoms with Gasteiger partial charge in [-0.1, -0.05) is 32.3 Å². The summed E-state index contributed by atoms with van der Waals surface area (Å²) in [5.41, 5.74) is 1.20. The maximum absolute atomic E-state index is 12.7. The summed E-state index contributed by atoms with van der Waals surface area (Å²) in [5, 5.41) is 9.18. The summed E-state index contributed by atoms with van der Waals surface area (Å²) in [7, 11) is 0. The topological polar surface area (TPSA) is 90.5 Å². The van der Waals surface area contributed by atoms with Crippen LogP contribution in [0.25, 0.3) is 0 Å². The van der Waals surface area contributed by atoms with E-state index in [9.17, 15) is 14.4 Å². The lowest BCUT2D eigenvalue weighted by molar-refractivity contribution is -0.117. The highest BCUT2D eigenvalue weighted by Crippen LogP contribution is 2.38. The van der Waals surface area contributed by atoms with Gasteiger partial charge in [0.2, 0.25) is 5.91 Å². The van der Waals surface area contributed by atoms with Gasteiger partial charge in [0, 0.05) is 42.3 Å². The third kappa shape index (κ3) is 5.77. The van der Waals surface area contributed by atoms with Crippen LogP contribution in [0, 0.1) is 11.8 Å². The Balaban J connectivity index is 1.23. The van der Waals surface area contributed by atoms with Crippen LogP contribution >= 0.6 is 0 Å². The predicted octanol–water partition coefficient (Wildman–Crippen LogP) is 3.52. The molecular formula is C24H34N4O3. The van der Waals surface area contributed by atoms with Crippen molar-refractivity contribution in [1.82, 2.24) is 15.5 Å². The molecular weight excluding hydrogens is 392 g/mol. The molecule has 2 aliphatic carbocycles. The zero-order chi connectivity index (χ0) is 21.8. The predicted molar refractivity (Wildman–Crippen MR) is 120 cm³/mol. The second kappa shape index (κ2) is 9.71. The Labute approximate surface area is 184 Å². The molecule has 1 aromatic rings. The third-order valence-corrected chi connectivity index (χ3v) is 6.89. The van der Waals surface area contributed by atoms with Gasteiger partial charge in [0.25, 0.3) is 5.91 Å². The smallest absolute Gasteiger partial charge is 0.317 e. The minimum Gasteiger partial charge on any atom is -0.349 e. The lowest BCUT2D eigenvalue weighted by Crippen LogP contribution is -2.51. The van der Waals surface area contributed by atoms with Crippen molar-refractivity contribution in [2.75, 3.05) is 18.4 Å². The highest BCUT2D eigenvalue weighted by atomic mass is 16.2. The summed E-state index contributed by atoms with van der Waals surface area (Å²) in [6.45, 7) is 3.37. The second-order valence-corrected chi connectivity index (χ2v) is 9.41. The van der Waals surface area contributed by atoms with Gasteiger partial charge in [0.15, 0.2) is 0 Å². The van der Waals surface area contributed by atoms with E-state index in [0.717, 1.165) is 32.1 Å². The van der Waals surface area contributed by atoms with Crippen molar-refractivity contribution in [2.24, 2.45) is 11.8 Å². The number of carbonyl (C=O) groups excluding carboxylic acids is 3. The number of hydrogen-bond donors (Lipinski definition) is 3. The molecule has 7 heteroatoms. The van der Waals surface area contributed by atoms with Crippen LogP contribution in [0.2, 0.25) is 0 Å². The van der Waals surface area contributed by atoms with Crippen LogP contribution < -0.4 is 16.0 Å². The number of amides is 4. The lowest BCUT2D eigenvalue weighted by Gasteiger charge is -2.34. The van der Waals surface area contributed by atoms with E-state index in [1.54, 1.807) is 18.2 Å². The summed E-state index contributed by atoms with van der Waals surface area (Å²) in [6.07, 6.45) is 8.26. The molecule has 0 spiro atoms. The fraction of sp³-hybridized carbons (Fsp3) is 0.625. The zero-order valence-corrected chi connectivity index (χ0v) is 18.4. The SMILES string of the molecule is CC1CC1C(=O)Nc1cccc(C(=O)NC2CCN(C(=O)NC3CCCCC3)CC2)c1. The van der Waals surface area contributed by atoms with Crippen molar-refractivity contribution in [3.63, 3.8) is 0 Å². The Kier molecular flexibility index (Phi) is 6.78. The number of rotatable bonds is 5. The van der Waals surface area contributed by atoms with Gasteiger partial charge in [-0.25, -0.2) is 4.79 Å². The molecule has 1 aromatic carbocycles. The summed E-state index contributed by atoms with van der Waals surface area (Å²) < 4.78 is 0. The van der Waals surface area contributed by atoms with Crippen LogP contribution in [-0.2, 0) is 4.79 Å². The van der Waals surface area contributed by atoms with Crippen LogP contribution in [0.3, 0.4) is 0 Å². The number of nitrogens with one attached hydrogen (secondary N) is 3.